The Morgan fingerprint density at radius 2 is 2.31 bits per heavy atom. The van der Waals surface area contributed by atoms with Crippen molar-refractivity contribution in [2.45, 2.75) is 6.92 Å². The molecule has 0 bridgehead atoms. The Hall–Kier alpha value is -1.28. The number of halogens is 1. The third-order valence-corrected chi connectivity index (χ3v) is 2.13. The molecule has 2 aromatic rings. The second-order valence-electron chi connectivity index (χ2n) is 3.00. The first-order valence-electron chi connectivity index (χ1n) is 3.97. The molecule has 0 amide bonds. The molecule has 0 aromatic carbocycles. The Morgan fingerprint density at radius 3 is 3.00 bits per heavy atom. The smallest absolute Gasteiger partial charge is 0.137 e. The molecule has 0 radical (unpaired) electrons. The highest BCUT2D eigenvalue weighted by molar-refractivity contribution is 6.30. The summed E-state index contributed by atoms with van der Waals surface area (Å²) in [7, 11) is 0. The van der Waals surface area contributed by atoms with Gasteiger partial charge in [-0.25, -0.2) is 4.98 Å². The van der Waals surface area contributed by atoms with E-state index in [0.29, 0.717) is 5.02 Å². The summed E-state index contributed by atoms with van der Waals surface area (Å²) in [6, 6.07) is 3.71. The number of pyridine rings is 1. The molecule has 0 unspecified atom stereocenters. The van der Waals surface area contributed by atoms with Crippen LogP contribution < -0.4 is 0 Å². The first-order chi connectivity index (χ1) is 6.18. The zero-order valence-corrected chi connectivity index (χ0v) is 8.04. The standard InChI is InChI=1S/C10H9ClN2/c1-7(2)9-5-12-10-4-3-8(11)6-13(9)10/h3-6H,1H2,2H3. The molecule has 0 fully saturated rings. The number of hydrogen-bond donors (Lipinski definition) is 0. The van der Waals surface area contributed by atoms with Crippen molar-refractivity contribution in [1.82, 2.24) is 9.38 Å². The second-order valence-corrected chi connectivity index (χ2v) is 3.44. The van der Waals surface area contributed by atoms with Crippen LogP contribution in [0.15, 0.2) is 31.1 Å². The molecule has 0 atom stereocenters. The van der Waals surface area contributed by atoms with Gasteiger partial charge in [0.15, 0.2) is 0 Å². The minimum absolute atomic E-state index is 0.702. The minimum atomic E-state index is 0.702. The number of rotatable bonds is 1. The molecular weight excluding hydrogens is 184 g/mol. The molecule has 0 spiro atoms. The Balaban J connectivity index is 2.79. The molecule has 0 aliphatic carbocycles. The van der Waals surface area contributed by atoms with Gasteiger partial charge >= 0.3 is 0 Å². The van der Waals surface area contributed by atoms with Gasteiger partial charge < -0.3 is 0 Å². The summed E-state index contributed by atoms with van der Waals surface area (Å²) < 4.78 is 1.94. The van der Waals surface area contributed by atoms with E-state index in [0.717, 1.165) is 16.9 Å². The largest absolute Gasteiger partial charge is 0.299 e. The summed E-state index contributed by atoms with van der Waals surface area (Å²) in [5, 5.41) is 0.702. The minimum Gasteiger partial charge on any atom is -0.299 e. The molecule has 13 heavy (non-hydrogen) atoms. The Labute approximate surface area is 81.5 Å². The number of hydrogen-bond acceptors (Lipinski definition) is 1. The SMILES string of the molecule is C=C(C)c1cnc2ccc(Cl)cn12. The van der Waals surface area contributed by atoms with Gasteiger partial charge in [-0.2, -0.15) is 0 Å². The van der Waals surface area contributed by atoms with Crippen molar-refractivity contribution in [3.63, 3.8) is 0 Å². The lowest BCUT2D eigenvalue weighted by molar-refractivity contribution is 1.15. The molecule has 66 valence electrons. The number of fused-ring (bicyclic) bond motifs is 1. The molecule has 2 heterocycles. The first-order valence-corrected chi connectivity index (χ1v) is 4.35. The Bertz CT molecular complexity index is 471. The van der Waals surface area contributed by atoms with E-state index in [-0.39, 0.29) is 0 Å². The summed E-state index contributed by atoms with van der Waals surface area (Å²) in [5.41, 5.74) is 2.87. The summed E-state index contributed by atoms with van der Waals surface area (Å²) >= 11 is 5.87. The van der Waals surface area contributed by atoms with Crippen LogP contribution in [-0.4, -0.2) is 9.38 Å². The van der Waals surface area contributed by atoms with Gasteiger partial charge in [0.2, 0.25) is 0 Å². The average molecular weight is 193 g/mol. The average Bonchev–Trinajstić information content (AvgIpc) is 2.46. The van der Waals surface area contributed by atoms with E-state index >= 15 is 0 Å². The van der Waals surface area contributed by atoms with Crippen molar-refractivity contribution >= 4 is 22.8 Å². The number of aromatic nitrogens is 2. The Morgan fingerprint density at radius 1 is 1.54 bits per heavy atom. The summed E-state index contributed by atoms with van der Waals surface area (Å²) in [5.74, 6) is 0. The molecule has 2 rings (SSSR count). The van der Waals surface area contributed by atoms with Crippen molar-refractivity contribution in [3.8, 4) is 0 Å². The van der Waals surface area contributed by atoms with Crippen LogP contribution in [0.4, 0.5) is 0 Å². The van der Waals surface area contributed by atoms with Crippen LogP contribution in [0, 0.1) is 0 Å². The van der Waals surface area contributed by atoms with Gasteiger partial charge in [0.05, 0.1) is 16.9 Å². The van der Waals surface area contributed by atoms with Crippen LogP contribution in [0.5, 0.6) is 0 Å². The van der Waals surface area contributed by atoms with Crippen molar-refractivity contribution in [3.05, 3.63) is 41.8 Å². The van der Waals surface area contributed by atoms with E-state index in [1.165, 1.54) is 0 Å². The highest BCUT2D eigenvalue weighted by Crippen LogP contribution is 2.17. The lowest BCUT2D eigenvalue weighted by Crippen LogP contribution is -1.88. The quantitative estimate of drug-likeness (QED) is 0.679. The normalized spacial score (nSPS) is 10.6. The van der Waals surface area contributed by atoms with Gasteiger partial charge in [0, 0.05) is 6.20 Å². The van der Waals surface area contributed by atoms with Gasteiger partial charge in [0.25, 0.3) is 0 Å². The van der Waals surface area contributed by atoms with Gasteiger partial charge in [-0.15, -0.1) is 0 Å². The molecule has 3 heteroatoms. The fourth-order valence-electron chi connectivity index (χ4n) is 1.27. The van der Waals surface area contributed by atoms with E-state index in [1.54, 1.807) is 6.20 Å². The molecule has 2 nitrogen and oxygen atoms in total. The van der Waals surface area contributed by atoms with E-state index in [1.807, 2.05) is 29.7 Å². The van der Waals surface area contributed by atoms with Crippen LogP contribution >= 0.6 is 11.6 Å². The van der Waals surface area contributed by atoms with Crippen LogP contribution in [0.3, 0.4) is 0 Å². The maximum absolute atomic E-state index is 5.87. The van der Waals surface area contributed by atoms with Crippen LogP contribution in [0.1, 0.15) is 12.6 Å². The van der Waals surface area contributed by atoms with Gasteiger partial charge in [0.1, 0.15) is 5.65 Å². The Kier molecular flexibility index (Phi) is 1.85. The van der Waals surface area contributed by atoms with E-state index in [4.69, 9.17) is 11.6 Å². The van der Waals surface area contributed by atoms with Crippen LogP contribution in [0.2, 0.25) is 5.02 Å². The number of nitrogens with zero attached hydrogens (tertiary/aromatic N) is 2. The van der Waals surface area contributed by atoms with E-state index in [9.17, 15) is 0 Å². The number of imidazole rings is 1. The monoisotopic (exact) mass is 192 g/mol. The molecule has 0 N–H and O–H groups in total. The van der Waals surface area contributed by atoms with Crippen LogP contribution in [0.25, 0.3) is 11.2 Å². The third-order valence-electron chi connectivity index (χ3n) is 1.91. The lowest BCUT2D eigenvalue weighted by Gasteiger charge is -1.99. The highest BCUT2D eigenvalue weighted by atomic mass is 35.5. The van der Waals surface area contributed by atoms with E-state index < -0.39 is 0 Å². The van der Waals surface area contributed by atoms with Crippen molar-refractivity contribution in [1.29, 1.82) is 0 Å². The van der Waals surface area contributed by atoms with Crippen molar-refractivity contribution in [2.24, 2.45) is 0 Å². The predicted octanol–water partition coefficient (Wildman–Crippen LogP) is 3.02. The lowest BCUT2D eigenvalue weighted by atomic mass is 10.3. The fourth-order valence-corrected chi connectivity index (χ4v) is 1.43. The third kappa shape index (κ3) is 1.33. The first kappa shape index (κ1) is 8.32. The molecular formula is C10H9ClN2. The molecule has 0 saturated carbocycles. The van der Waals surface area contributed by atoms with Gasteiger partial charge in [-0.3, -0.25) is 4.40 Å². The maximum atomic E-state index is 5.87. The summed E-state index contributed by atoms with van der Waals surface area (Å²) in [6.45, 7) is 5.82. The zero-order valence-electron chi connectivity index (χ0n) is 7.29. The van der Waals surface area contributed by atoms with E-state index in [2.05, 4.69) is 11.6 Å². The van der Waals surface area contributed by atoms with Crippen LogP contribution in [-0.2, 0) is 0 Å². The zero-order chi connectivity index (χ0) is 9.42. The topological polar surface area (TPSA) is 17.3 Å². The second kappa shape index (κ2) is 2.89. The highest BCUT2D eigenvalue weighted by Gasteiger charge is 2.02. The predicted molar refractivity (Wildman–Crippen MR) is 54.9 cm³/mol. The molecule has 0 aliphatic rings. The molecule has 2 aromatic heterocycles. The van der Waals surface area contributed by atoms with Crippen molar-refractivity contribution in [2.75, 3.05) is 0 Å². The molecule has 0 aliphatic heterocycles. The fraction of sp³-hybridized carbons (Fsp3) is 0.100. The van der Waals surface area contributed by atoms with Gasteiger partial charge in [-0.05, 0) is 24.6 Å². The summed E-state index contributed by atoms with van der Waals surface area (Å²) in [4.78, 5) is 4.22. The van der Waals surface area contributed by atoms with Gasteiger partial charge in [-0.1, -0.05) is 18.2 Å². The molecule has 0 saturated heterocycles. The summed E-state index contributed by atoms with van der Waals surface area (Å²) in [6.07, 6.45) is 3.64. The maximum Gasteiger partial charge on any atom is 0.137 e. The number of allylic oxidation sites excluding steroid dienone is 1. The van der Waals surface area contributed by atoms with Crippen molar-refractivity contribution < 1.29 is 0 Å².